The number of aliphatic hydroxyl groups is 1. The minimum Gasteiger partial charge on any atom is -0.451 e. The Balaban J connectivity index is 1.99. The maximum atomic E-state index is 12.8. The first-order chi connectivity index (χ1) is 11.7. The molecular weight excluding hydrogens is 320 g/mol. The van der Waals surface area contributed by atoms with E-state index in [2.05, 4.69) is 13.0 Å². The minimum atomic E-state index is -1.05. The summed E-state index contributed by atoms with van der Waals surface area (Å²) in [4.78, 5) is 24.9. The van der Waals surface area contributed by atoms with E-state index in [0.29, 0.717) is 23.5 Å². The van der Waals surface area contributed by atoms with E-state index in [-0.39, 0.29) is 18.3 Å². The summed E-state index contributed by atoms with van der Waals surface area (Å²) in [6.07, 6.45) is 3.88. The van der Waals surface area contributed by atoms with Gasteiger partial charge in [0.1, 0.15) is 6.10 Å². The van der Waals surface area contributed by atoms with Crippen LogP contribution < -0.4 is 0 Å². The minimum absolute atomic E-state index is 0.0791. The highest BCUT2D eigenvalue weighted by molar-refractivity contribution is 6.07. The van der Waals surface area contributed by atoms with Gasteiger partial charge in [-0.15, -0.1) is 0 Å². The van der Waals surface area contributed by atoms with Crippen LogP contribution in [0, 0.1) is 5.92 Å². The molecule has 0 spiro atoms. The lowest BCUT2D eigenvalue weighted by Crippen LogP contribution is -2.49. The molecule has 3 rings (SSSR count). The monoisotopic (exact) mass is 348 g/mol. The second-order valence-electron chi connectivity index (χ2n) is 8.02. The summed E-state index contributed by atoms with van der Waals surface area (Å²) in [6.45, 7) is 7.56. The summed E-state index contributed by atoms with van der Waals surface area (Å²) >= 11 is 0. The van der Waals surface area contributed by atoms with Crippen molar-refractivity contribution in [2.45, 2.75) is 83.7 Å². The summed E-state index contributed by atoms with van der Waals surface area (Å²) in [6, 6.07) is 0. The van der Waals surface area contributed by atoms with Crippen molar-refractivity contribution < 1.29 is 24.2 Å². The molecule has 3 aliphatic heterocycles. The van der Waals surface area contributed by atoms with Crippen molar-refractivity contribution in [2.24, 2.45) is 5.92 Å². The van der Waals surface area contributed by atoms with Gasteiger partial charge in [0.2, 0.25) is 0 Å². The van der Waals surface area contributed by atoms with E-state index >= 15 is 0 Å². The van der Waals surface area contributed by atoms with Gasteiger partial charge in [-0.25, -0.2) is 4.79 Å². The third kappa shape index (κ3) is 3.32. The second kappa shape index (κ2) is 6.69. The van der Waals surface area contributed by atoms with Gasteiger partial charge in [-0.1, -0.05) is 18.6 Å². The lowest BCUT2D eigenvalue weighted by atomic mass is 9.85. The number of allylic oxidation sites excluding steroid dienone is 2. The number of carbonyl (C=O) groups excluding carboxylic acids is 2. The SMILES string of the molecule is CC1=C2C(=O)C/C(C)=C/CC[C@@H](C)[C@@H]3CC[C@](C)(O3)[C@H](O)[C@H]2OC1=O. The lowest BCUT2D eigenvalue weighted by Gasteiger charge is -2.34. The van der Waals surface area contributed by atoms with Crippen LogP contribution in [0.15, 0.2) is 22.8 Å². The average molecular weight is 348 g/mol. The molecule has 0 saturated carbocycles. The number of ketones is 1. The third-order valence-electron chi connectivity index (χ3n) is 5.98. The number of hydrogen-bond donors (Lipinski definition) is 1. The van der Waals surface area contributed by atoms with Crippen LogP contribution in [-0.2, 0) is 19.1 Å². The van der Waals surface area contributed by atoms with Crippen molar-refractivity contribution in [3.8, 4) is 0 Å². The Morgan fingerprint density at radius 3 is 2.68 bits per heavy atom. The molecule has 0 radical (unpaired) electrons. The maximum Gasteiger partial charge on any atom is 0.334 e. The van der Waals surface area contributed by atoms with Gasteiger partial charge in [0.25, 0.3) is 0 Å². The number of Topliss-reactive ketones (excluding diaryl/α,β-unsaturated/α-hetero) is 1. The zero-order valence-corrected chi connectivity index (χ0v) is 15.5. The Hall–Kier alpha value is -1.46. The van der Waals surface area contributed by atoms with Crippen molar-refractivity contribution in [1.82, 2.24) is 0 Å². The van der Waals surface area contributed by atoms with E-state index in [1.807, 2.05) is 13.8 Å². The fraction of sp³-hybridized carbons (Fsp3) is 0.700. The Labute approximate surface area is 149 Å². The highest BCUT2D eigenvalue weighted by Crippen LogP contribution is 2.41. The fourth-order valence-electron chi connectivity index (χ4n) is 4.21. The molecule has 138 valence electrons. The van der Waals surface area contributed by atoms with E-state index in [9.17, 15) is 14.7 Å². The van der Waals surface area contributed by atoms with Crippen molar-refractivity contribution >= 4 is 11.8 Å². The predicted molar refractivity (Wildman–Crippen MR) is 92.9 cm³/mol. The van der Waals surface area contributed by atoms with Crippen molar-refractivity contribution in [3.63, 3.8) is 0 Å². The van der Waals surface area contributed by atoms with Crippen molar-refractivity contribution in [3.05, 3.63) is 22.8 Å². The maximum absolute atomic E-state index is 12.8. The van der Waals surface area contributed by atoms with Crippen LogP contribution in [0.4, 0.5) is 0 Å². The fourth-order valence-corrected chi connectivity index (χ4v) is 4.21. The first-order valence-electron chi connectivity index (χ1n) is 9.19. The van der Waals surface area contributed by atoms with Gasteiger partial charge >= 0.3 is 5.97 Å². The Kier molecular flexibility index (Phi) is 4.91. The van der Waals surface area contributed by atoms with E-state index in [4.69, 9.17) is 9.47 Å². The number of carbonyl (C=O) groups is 2. The van der Waals surface area contributed by atoms with Crippen LogP contribution in [-0.4, -0.2) is 40.8 Å². The number of hydrogen-bond acceptors (Lipinski definition) is 5. The Morgan fingerprint density at radius 2 is 1.96 bits per heavy atom. The van der Waals surface area contributed by atoms with E-state index in [1.54, 1.807) is 6.92 Å². The van der Waals surface area contributed by atoms with Crippen LogP contribution >= 0.6 is 0 Å². The Bertz CT molecular complexity index is 646. The molecule has 3 aliphatic rings. The number of rotatable bonds is 0. The number of fused-ring (bicyclic) bond motifs is 3. The molecular formula is C20H28O5. The molecule has 0 aromatic rings. The number of ether oxygens (including phenoxy) is 2. The third-order valence-corrected chi connectivity index (χ3v) is 5.98. The number of aliphatic hydroxyl groups excluding tert-OH is 1. The second-order valence-corrected chi connectivity index (χ2v) is 8.02. The van der Waals surface area contributed by atoms with Crippen molar-refractivity contribution in [2.75, 3.05) is 0 Å². The molecule has 5 heteroatoms. The highest BCUT2D eigenvalue weighted by Gasteiger charge is 2.51. The van der Waals surface area contributed by atoms with Crippen LogP contribution in [0.3, 0.4) is 0 Å². The molecule has 1 N–H and O–H groups in total. The normalized spacial score (nSPS) is 42.0. The van der Waals surface area contributed by atoms with Gasteiger partial charge in [-0.2, -0.15) is 0 Å². The molecule has 5 atom stereocenters. The average Bonchev–Trinajstić information content (AvgIpc) is 3.08. The summed E-state index contributed by atoms with van der Waals surface area (Å²) in [5, 5.41) is 11.0. The van der Waals surface area contributed by atoms with Crippen LogP contribution in [0.5, 0.6) is 0 Å². The van der Waals surface area contributed by atoms with E-state index in [0.717, 1.165) is 24.8 Å². The number of esters is 1. The van der Waals surface area contributed by atoms with E-state index in [1.165, 1.54) is 0 Å². The van der Waals surface area contributed by atoms with Gasteiger partial charge in [0.05, 0.1) is 11.7 Å². The van der Waals surface area contributed by atoms with Gasteiger partial charge in [0.15, 0.2) is 11.9 Å². The smallest absolute Gasteiger partial charge is 0.334 e. The van der Waals surface area contributed by atoms with E-state index < -0.39 is 23.8 Å². The largest absolute Gasteiger partial charge is 0.451 e. The standard InChI is InChI=1S/C20H28O5/c1-11-6-5-7-12(2)15-8-9-20(4,25-15)18(22)17-16(14(21)10-11)13(3)19(23)24-17/h6,12,15,17-18,22H,5,7-10H2,1-4H3/b11-6+/t12-,15+,17+,18-,20+/m1/s1. The molecule has 0 unspecified atom stereocenters. The first kappa shape index (κ1) is 18.3. The van der Waals surface area contributed by atoms with Gasteiger partial charge in [0, 0.05) is 17.6 Å². The Morgan fingerprint density at radius 1 is 1.24 bits per heavy atom. The van der Waals surface area contributed by atoms with Crippen molar-refractivity contribution in [1.29, 1.82) is 0 Å². The quantitative estimate of drug-likeness (QED) is 0.538. The zero-order chi connectivity index (χ0) is 18.4. The van der Waals surface area contributed by atoms with Gasteiger partial charge < -0.3 is 14.6 Å². The van der Waals surface area contributed by atoms with Gasteiger partial charge in [-0.05, 0) is 52.4 Å². The van der Waals surface area contributed by atoms with Crippen LogP contribution in [0.25, 0.3) is 0 Å². The topological polar surface area (TPSA) is 72.8 Å². The van der Waals surface area contributed by atoms with Gasteiger partial charge in [-0.3, -0.25) is 4.79 Å². The van der Waals surface area contributed by atoms with Crippen LogP contribution in [0.1, 0.15) is 59.8 Å². The molecule has 25 heavy (non-hydrogen) atoms. The molecule has 3 heterocycles. The molecule has 5 nitrogen and oxygen atoms in total. The molecule has 0 aromatic carbocycles. The highest BCUT2D eigenvalue weighted by atomic mass is 16.6. The summed E-state index contributed by atoms with van der Waals surface area (Å²) in [5.74, 6) is -0.295. The predicted octanol–water partition coefficient (Wildman–Crippen LogP) is 2.86. The molecule has 0 aliphatic carbocycles. The van der Waals surface area contributed by atoms with Crippen LogP contribution in [0.2, 0.25) is 0 Å². The molecule has 1 fully saturated rings. The molecule has 0 amide bonds. The first-order valence-corrected chi connectivity index (χ1v) is 9.19. The summed E-state index contributed by atoms with van der Waals surface area (Å²) in [7, 11) is 0. The summed E-state index contributed by atoms with van der Waals surface area (Å²) < 4.78 is 11.6. The summed E-state index contributed by atoms with van der Waals surface area (Å²) in [5.41, 5.74) is 0.798. The molecule has 1 saturated heterocycles. The lowest BCUT2D eigenvalue weighted by molar-refractivity contribution is -0.165. The molecule has 2 bridgehead atoms. The zero-order valence-electron chi connectivity index (χ0n) is 15.5. The molecule has 0 aromatic heterocycles.